The molecule has 0 atom stereocenters. The first kappa shape index (κ1) is 18.6. The van der Waals surface area contributed by atoms with Gasteiger partial charge in [0.05, 0.1) is 12.2 Å². The Morgan fingerprint density at radius 3 is 2.48 bits per heavy atom. The van der Waals surface area contributed by atoms with E-state index in [1.807, 2.05) is 0 Å². The second kappa shape index (κ2) is 7.35. The summed E-state index contributed by atoms with van der Waals surface area (Å²) in [5.41, 5.74) is 2.89. The number of amides is 1. The van der Waals surface area contributed by atoms with Gasteiger partial charge in [0.2, 0.25) is 0 Å². The minimum atomic E-state index is -1.09. The summed E-state index contributed by atoms with van der Waals surface area (Å²) in [7, 11) is 0. The van der Waals surface area contributed by atoms with Crippen LogP contribution in [0.4, 0.5) is 0 Å². The molecule has 0 aliphatic carbocycles. The largest absolute Gasteiger partial charge is 0.477 e. The van der Waals surface area contributed by atoms with E-state index in [4.69, 9.17) is 9.52 Å². The number of hydrogen-bond acceptors (Lipinski definition) is 5. The number of pyridine rings is 1. The second-order valence-corrected chi connectivity index (χ2v) is 6.88. The molecule has 1 aliphatic heterocycles. The van der Waals surface area contributed by atoms with Gasteiger partial charge in [0, 0.05) is 17.7 Å². The molecule has 1 N–H and O–H groups in total. The van der Waals surface area contributed by atoms with Crippen molar-refractivity contribution in [1.29, 1.82) is 0 Å². The van der Waals surface area contributed by atoms with Gasteiger partial charge in [-0.3, -0.25) is 9.59 Å². The molecular weight excluding hydrogens is 372 g/mol. The summed E-state index contributed by atoms with van der Waals surface area (Å²) >= 11 is 0. The van der Waals surface area contributed by atoms with Gasteiger partial charge in [-0.25, -0.2) is 9.78 Å². The van der Waals surface area contributed by atoms with Gasteiger partial charge in [0.15, 0.2) is 11.5 Å². The molecule has 2 aromatic heterocycles. The monoisotopic (exact) mass is 390 g/mol. The number of carboxylic acid groups (broad SMARTS) is 1. The number of furan rings is 1. The smallest absolute Gasteiger partial charge is 0.354 e. The zero-order valence-corrected chi connectivity index (χ0v) is 15.7. The average molecular weight is 390 g/mol. The van der Waals surface area contributed by atoms with Crippen LogP contribution in [0.5, 0.6) is 0 Å². The van der Waals surface area contributed by atoms with Crippen LogP contribution >= 0.6 is 0 Å². The van der Waals surface area contributed by atoms with Crippen molar-refractivity contribution in [3.63, 3.8) is 0 Å². The quantitative estimate of drug-likeness (QED) is 0.685. The molecule has 146 valence electrons. The van der Waals surface area contributed by atoms with Crippen LogP contribution in [0.1, 0.15) is 49.6 Å². The maximum absolute atomic E-state index is 12.9. The average Bonchev–Trinajstić information content (AvgIpc) is 3.22. The summed E-state index contributed by atoms with van der Waals surface area (Å²) in [6.07, 6.45) is 0.605. The molecule has 0 unspecified atom stereocenters. The number of carboxylic acids is 1. The molecule has 3 aromatic rings. The number of rotatable bonds is 4. The standard InChI is InChI=1S/C22H18N2O5/c1-13(25)14-2-4-16(5-3-14)19-8-9-20(29-19)21(26)24-11-10-15-6-7-17(22(27)28)23-18(15)12-24/h2-9H,10-12H2,1H3,(H,27,28). The first-order chi connectivity index (χ1) is 13.9. The van der Waals surface area contributed by atoms with Crippen molar-refractivity contribution in [2.45, 2.75) is 19.9 Å². The van der Waals surface area contributed by atoms with E-state index in [2.05, 4.69) is 4.98 Å². The number of carbonyl (C=O) groups is 3. The normalized spacial score (nSPS) is 13.1. The molecule has 7 heteroatoms. The zero-order valence-electron chi connectivity index (χ0n) is 15.7. The molecule has 1 aliphatic rings. The molecule has 0 fully saturated rings. The molecule has 1 amide bonds. The number of ketones is 1. The molecule has 4 rings (SSSR count). The van der Waals surface area contributed by atoms with Crippen LogP contribution in [0.2, 0.25) is 0 Å². The van der Waals surface area contributed by atoms with Gasteiger partial charge >= 0.3 is 5.97 Å². The first-order valence-electron chi connectivity index (χ1n) is 9.15. The van der Waals surface area contributed by atoms with Gasteiger partial charge in [-0.05, 0) is 37.1 Å². The fourth-order valence-corrected chi connectivity index (χ4v) is 3.34. The van der Waals surface area contributed by atoms with Crippen LogP contribution in [0.25, 0.3) is 11.3 Å². The number of nitrogens with zero attached hydrogens (tertiary/aromatic N) is 2. The van der Waals surface area contributed by atoms with E-state index in [-0.39, 0.29) is 29.7 Å². The van der Waals surface area contributed by atoms with Gasteiger partial charge in [-0.2, -0.15) is 0 Å². The lowest BCUT2D eigenvalue weighted by Crippen LogP contribution is -2.36. The predicted octanol–water partition coefficient (Wildman–Crippen LogP) is 3.44. The Labute approximate surface area is 166 Å². The molecule has 0 bridgehead atoms. The van der Waals surface area contributed by atoms with E-state index < -0.39 is 5.97 Å². The molecule has 3 heterocycles. The van der Waals surface area contributed by atoms with Gasteiger partial charge < -0.3 is 14.4 Å². The third-order valence-corrected chi connectivity index (χ3v) is 4.96. The predicted molar refractivity (Wildman–Crippen MR) is 104 cm³/mol. The number of carbonyl (C=O) groups excluding carboxylic acids is 2. The Morgan fingerprint density at radius 1 is 1.03 bits per heavy atom. The Kier molecular flexibility index (Phi) is 4.72. The molecule has 0 spiro atoms. The summed E-state index contributed by atoms with van der Waals surface area (Å²) in [6, 6.07) is 13.6. The number of benzene rings is 1. The molecule has 0 saturated carbocycles. The highest BCUT2D eigenvalue weighted by Crippen LogP contribution is 2.25. The van der Waals surface area contributed by atoms with E-state index in [0.29, 0.717) is 30.0 Å². The lowest BCUT2D eigenvalue weighted by atomic mass is 10.0. The first-order valence-corrected chi connectivity index (χ1v) is 9.15. The van der Waals surface area contributed by atoms with Gasteiger partial charge in [0.1, 0.15) is 11.5 Å². The highest BCUT2D eigenvalue weighted by molar-refractivity contribution is 5.94. The van der Waals surface area contributed by atoms with Gasteiger partial charge in [-0.15, -0.1) is 0 Å². The zero-order chi connectivity index (χ0) is 20.5. The van der Waals surface area contributed by atoms with Crippen LogP contribution in [0, 0.1) is 0 Å². The van der Waals surface area contributed by atoms with E-state index in [1.54, 1.807) is 47.4 Å². The van der Waals surface area contributed by atoms with Crippen LogP contribution in [-0.2, 0) is 13.0 Å². The molecule has 0 radical (unpaired) electrons. The highest BCUT2D eigenvalue weighted by Gasteiger charge is 2.25. The molecule has 1 aromatic carbocycles. The van der Waals surface area contributed by atoms with Crippen molar-refractivity contribution in [3.05, 3.63) is 76.8 Å². The van der Waals surface area contributed by atoms with E-state index in [0.717, 1.165) is 11.1 Å². The van der Waals surface area contributed by atoms with Crippen molar-refractivity contribution in [3.8, 4) is 11.3 Å². The molecule has 7 nitrogen and oxygen atoms in total. The SMILES string of the molecule is CC(=O)c1ccc(-c2ccc(C(=O)N3CCc4ccc(C(=O)O)nc4C3)o2)cc1. The van der Waals surface area contributed by atoms with Crippen LogP contribution in [-0.4, -0.2) is 39.2 Å². The maximum atomic E-state index is 12.9. The van der Waals surface area contributed by atoms with Crippen molar-refractivity contribution in [1.82, 2.24) is 9.88 Å². The molecule has 0 saturated heterocycles. The third kappa shape index (κ3) is 3.67. The van der Waals surface area contributed by atoms with Crippen molar-refractivity contribution in [2.75, 3.05) is 6.54 Å². The topological polar surface area (TPSA) is 101 Å². The van der Waals surface area contributed by atoms with Crippen LogP contribution in [0.15, 0.2) is 52.9 Å². The lowest BCUT2D eigenvalue weighted by molar-refractivity contribution is 0.0688. The van der Waals surface area contributed by atoms with E-state index >= 15 is 0 Å². The molecule has 29 heavy (non-hydrogen) atoms. The summed E-state index contributed by atoms with van der Waals surface area (Å²) in [5.74, 6) is -0.648. The van der Waals surface area contributed by atoms with E-state index in [9.17, 15) is 14.4 Å². The summed E-state index contributed by atoms with van der Waals surface area (Å²) < 4.78 is 5.74. The number of fused-ring (bicyclic) bond motifs is 1. The van der Waals surface area contributed by atoms with Crippen molar-refractivity contribution < 1.29 is 23.9 Å². The fourth-order valence-electron chi connectivity index (χ4n) is 3.34. The minimum Gasteiger partial charge on any atom is -0.477 e. The third-order valence-electron chi connectivity index (χ3n) is 4.96. The Morgan fingerprint density at radius 2 is 1.79 bits per heavy atom. The van der Waals surface area contributed by atoms with Crippen LogP contribution < -0.4 is 0 Å². The van der Waals surface area contributed by atoms with Crippen molar-refractivity contribution in [2.24, 2.45) is 0 Å². The minimum absolute atomic E-state index is 0.0168. The number of aromatic nitrogens is 1. The summed E-state index contributed by atoms with van der Waals surface area (Å²) in [4.78, 5) is 41.2. The number of hydrogen-bond donors (Lipinski definition) is 1. The summed E-state index contributed by atoms with van der Waals surface area (Å²) in [5, 5.41) is 9.12. The van der Waals surface area contributed by atoms with Crippen molar-refractivity contribution >= 4 is 17.7 Å². The Bertz CT molecular complexity index is 1110. The lowest BCUT2D eigenvalue weighted by Gasteiger charge is -2.27. The second-order valence-electron chi connectivity index (χ2n) is 6.88. The fraction of sp³-hybridized carbons (Fsp3) is 0.182. The Balaban J connectivity index is 1.53. The van der Waals surface area contributed by atoms with Crippen LogP contribution in [0.3, 0.4) is 0 Å². The van der Waals surface area contributed by atoms with Gasteiger partial charge in [-0.1, -0.05) is 30.3 Å². The number of Topliss-reactive ketones (excluding diaryl/α,β-unsaturated/α-hetero) is 1. The number of aromatic carboxylic acids is 1. The Hall–Kier alpha value is -3.74. The van der Waals surface area contributed by atoms with E-state index in [1.165, 1.54) is 13.0 Å². The maximum Gasteiger partial charge on any atom is 0.354 e. The van der Waals surface area contributed by atoms with Gasteiger partial charge in [0.25, 0.3) is 5.91 Å². The molecular formula is C22H18N2O5. The highest BCUT2D eigenvalue weighted by atomic mass is 16.4. The summed E-state index contributed by atoms with van der Waals surface area (Å²) in [6.45, 7) is 2.24.